The van der Waals surface area contributed by atoms with Crippen molar-refractivity contribution in [1.29, 1.82) is 0 Å². The minimum absolute atomic E-state index is 0.0298. The predicted octanol–water partition coefficient (Wildman–Crippen LogP) is 21.2. The van der Waals surface area contributed by atoms with E-state index in [4.69, 9.17) is 14.2 Å². The van der Waals surface area contributed by atoms with Crippen molar-refractivity contribution in [2.24, 2.45) is 0 Å². The van der Waals surface area contributed by atoms with Crippen molar-refractivity contribution in [3.8, 4) is 0 Å². The average Bonchev–Trinajstić information content (AvgIpc) is 3.40. The first-order valence-corrected chi connectivity index (χ1v) is 30.4. The number of carbonyl (C=O) groups excluding carboxylic acids is 2. The van der Waals surface area contributed by atoms with E-state index in [1.54, 1.807) is 0 Å². The molecule has 0 aromatic rings. The molecular formula is C69H112O5. The Kier molecular flexibility index (Phi) is 59.5. The Labute approximate surface area is 457 Å². The first-order chi connectivity index (χ1) is 36.6. The van der Waals surface area contributed by atoms with E-state index in [-0.39, 0.29) is 25.2 Å². The molecule has 0 radical (unpaired) electrons. The monoisotopic (exact) mass is 1020 g/mol. The van der Waals surface area contributed by atoms with Gasteiger partial charge in [0.1, 0.15) is 6.61 Å². The minimum atomic E-state index is -0.588. The molecule has 0 aliphatic carbocycles. The highest BCUT2D eigenvalue weighted by Crippen LogP contribution is 2.14. The fourth-order valence-corrected chi connectivity index (χ4v) is 7.91. The van der Waals surface area contributed by atoms with Gasteiger partial charge in [0, 0.05) is 19.4 Å². The Bertz CT molecular complexity index is 1580. The maximum absolute atomic E-state index is 12.9. The van der Waals surface area contributed by atoms with Crippen LogP contribution in [0, 0.1) is 0 Å². The quantitative estimate of drug-likeness (QED) is 0.0345. The van der Waals surface area contributed by atoms with Gasteiger partial charge in [0.2, 0.25) is 0 Å². The van der Waals surface area contributed by atoms with Gasteiger partial charge in [-0.3, -0.25) is 9.59 Å². The van der Waals surface area contributed by atoms with Crippen LogP contribution in [0.4, 0.5) is 0 Å². The molecule has 0 aliphatic heterocycles. The van der Waals surface area contributed by atoms with Gasteiger partial charge in [0.15, 0.2) is 6.10 Å². The van der Waals surface area contributed by atoms with E-state index in [1.807, 2.05) is 6.08 Å². The van der Waals surface area contributed by atoms with Crippen LogP contribution in [0.2, 0.25) is 0 Å². The molecule has 0 fully saturated rings. The highest BCUT2D eigenvalue weighted by Gasteiger charge is 2.17. The first kappa shape index (κ1) is 69.8. The number of esters is 2. The summed E-state index contributed by atoms with van der Waals surface area (Å²) < 4.78 is 17.4. The van der Waals surface area contributed by atoms with E-state index >= 15 is 0 Å². The number of carbonyl (C=O) groups is 2. The number of rotatable bonds is 54. The smallest absolute Gasteiger partial charge is 0.306 e. The van der Waals surface area contributed by atoms with Crippen LogP contribution in [0.5, 0.6) is 0 Å². The zero-order valence-corrected chi connectivity index (χ0v) is 48.1. The fraction of sp³-hybridized carbons (Fsp3) is 0.623. The van der Waals surface area contributed by atoms with Crippen LogP contribution in [0.15, 0.2) is 146 Å². The molecule has 0 aromatic heterocycles. The van der Waals surface area contributed by atoms with Gasteiger partial charge in [-0.05, 0) is 128 Å². The van der Waals surface area contributed by atoms with Crippen LogP contribution in [0.1, 0.15) is 252 Å². The van der Waals surface area contributed by atoms with Crippen LogP contribution in [-0.4, -0.2) is 37.9 Å². The van der Waals surface area contributed by atoms with Crippen molar-refractivity contribution in [2.75, 3.05) is 19.8 Å². The second-order valence-electron chi connectivity index (χ2n) is 19.5. The van der Waals surface area contributed by atoms with Crippen LogP contribution < -0.4 is 0 Å². The Hall–Kier alpha value is -4.22. The summed E-state index contributed by atoms with van der Waals surface area (Å²) in [5.41, 5.74) is 0. The Balaban J connectivity index is 4.45. The minimum Gasteiger partial charge on any atom is -0.462 e. The van der Waals surface area contributed by atoms with Gasteiger partial charge < -0.3 is 14.2 Å². The Morgan fingerprint density at radius 3 is 1.03 bits per heavy atom. The maximum atomic E-state index is 12.9. The fourth-order valence-electron chi connectivity index (χ4n) is 7.91. The van der Waals surface area contributed by atoms with Gasteiger partial charge in [0.05, 0.1) is 6.61 Å². The molecule has 0 saturated heterocycles. The van der Waals surface area contributed by atoms with Gasteiger partial charge in [-0.1, -0.05) is 256 Å². The van der Waals surface area contributed by atoms with E-state index in [1.165, 1.54) is 103 Å². The largest absolute Gasteiger partial charge is 0.462 e. The second-order valence-corrected chi connectivity index (χ2v) is 19.5. The SMILES string of the molecule is CC/C=C\C/C=C\C/C=C\C/C=C\C/C=C\C/C=C\CCC(=O)OCC(COCCCCCCCCC/C=C\C/C=C\C/C=C\C/C=C\CC)OC(=O)CCCCCCCCCCC/C=C\C/C=C\CCCCC. The zero-order valence-electron chi connectivity index (χ0n) is 48.1. The number of hydrogen-bond acceptors (Lipinski definition) is 5. The van der Waals surface area contributed by atoms with Crippen molar-refractivity contribution in [3.63, 3.8) is 0 Å². The van der Waals surface area contributed by atoms with E-state index in [9.17, 15) is 9.59 Å². The maximum Gasteiger partial charge on any atom is 0.306 e. The van der Waals surface area contributed by atoms with Crippen molar-refractivity contribution in [1.82, 2.24) is 0 Å². The van der Waals surface area contributed by atoms with Crippen molar-refractivity contribution in [2.45, 2.75) is 258 Å². The molecular weight excluding hydrogens is 909 g/mol. The molecule has 1 atom stereocenters. The molecule has 0 N–H and O–H groups in total. The van der Waals surface area contributed by atoms with Gasteiger partial charge in [-0.2, -0.15) is 0 Å². The lowest BCUT2D eigenvalue weighted by Gasteiger charge is -2.18. The number of unbranched alkanes of at least 4 members (excludes halogenated alkanes) is 19. The first-order valence-electron chi connectivity index (χ1n) is 30.4. The van der Waals surface area contributed by atoms with Gasteiger partial charge in [-0.25, -0.2) is 0 Å². The van der Waals surface area contributed by atoms with Gasteiger partial charge in [0.25, 0.3) is 0 Å². The molecule has 0 aromatic carbocycles. The molecule has 418 valence electrons. The summed E-state index contributed by atoms with van der Waals surface area (Å²) in [6.45, 7) is 7.47. The van der Waals surface area contributed by atoms with Crippen molar-refractivity contribution in [3.05, 3.63) is 146 Å². The third kappa shape index (κ3) is 60.3. The highest BCUT2D eigenvalue weighted by atomic mass is 16.6. The van der Waals surface area contributed by atoms with Gasteiger partial charge in [-0.15, -0.1) is 0 Å². The molecule has 0 spiro atoms. The Morgan fingerprint density at radius 2 is 0.635 bits per heavy atom. The molecule has 5 nitrogen and oxygen atoms in total. The summed E-state index contributed by atoms with van der Waals surface area (Å²) in [5.74, 6) is -0.510. The summed E-state index contributed by atoms with van der Waals surface area (Å²) >= 11 is 0. The standard InChI is InChI=1S/C69H112O5/c1-4-7-10-13-16-19-22-25-28-31-34-37-40-43-46-49-52-55-58-61-64-72-65-67(74-69(71)63-60-57-54-51-48-45-42-39-36-33-30-27-24-21-18-15-12-9-6-3)66-73-68(70)62-59-56-53-50-47-44-41-38-35-32-29-26-23-20-17-14-11-8-5-2/h7-8,10-11,16-21,25-30,34-35,37-38,44,47,53,56,67H,4-6,9,12-15,22-24,31-33,36,39-43,45-46,48-52,54-55,57-66H2,1-3H3/b10-7-,11-8-,19-16-,20-17-,21-18-,28-25-,29-26-,30-27-,37-34-,38-35-,47-44-,56-53-. The molecule has 0 aliphatic rings. The topological polar surface area (TPSA) is 61.8 Å². The third-order valence-electron chi connectivity index (χ3n) is 12.4. The molecule has 0 bridgehead atoms. The number of ether oxygens (including phenoxy) is 3. The summed E-state index contributed by atoms with van der Waals surface area (Å²) in [6.07, 6.45) is 91.7. The van der Waals surface area contributed by atoms with Gasteiger partial charge >= 0.3 is 11.9 Å². The molecule has 0 amide bonds. The molecule has 0 saturated carbocycles. The predicted molar refractivity (Wildman–Crippen MR) is 325 cm³/mol. The number of hydrogen-bond donors (Lipinski definition) is 0. The average molecular weight is 1020 g/mol. The molecule has 0 rings (SSSR count). The summed E-state index contributed by atoms with van der Waals surface area (Å²) in [7, 11) is 0. The third-order valence-corrected chi connectivity index (χ3v) is 12.4. The van der Waals surface area contributed by atoms with E-state index in [0.29, 0.717) is 25.9 Å². The van der Waals surface area contributed by atoms with E-state index < -0.39 is 6.10 Å². The van der Waals surface area contributed by atoms with Crippen molar-refractivity contribution < 1.29 is 23.8 Å². The Morgan fingerprint density at radius 1 is 0.311 bits per heavy atom. The van der Waals surface area contributed by atoms with Crippen LogP contribution in [0.3, 0.4) is 0 Å². The van der Waals surface area contributed by atoms with Crippen molar-refractivity contribution >= 4 is 11.9 Å². The highest BCUT2D eigenvalue weighted by molar-refractivity contribution is 5.70. The lowest BCUT2D eigenvalue weighted by atomic mass is 10.1. The molecule has 0 heterocycles. The second kappa shape index (κ2) is 63.1. The van der Waals surface area contributed by atoms with Crippen LogP contribution >= 0.6 is 0 Å². The number of allylic oxidation sites excluding steroid dienone is 24. The lowest BCUT2D eigenvalue weighted by molar-refractivity contribution is -0.162. The van der Waals surface area contributed by atoms with E-state index in [2.05, 4.69) is 161 Å². The zero-order chi connectivity index (χ0) is 53.4. The van der Waals surface area contributed by atoms with Crippen LogP contribution in [-0.2, 0) is 23.8 Å². The summed E-state index contributed by atoms with van der Waals surface area (Å²) in [4.78, 5) is 25.6. The molecule has 5 heteroatoms. The van der Waals surface area contributed by atoms with Crippen LogP contribution in [0.25, 0.3) is 0 Å². The molecule has 1 unspecified atom stereocenters. The lowest BCUT2D eigenvalue weighted by Crippen LogP contribution is -2.30. The summed E-state index contributed by atoms with van der Waals surface area (Å²) in [6, 6.07) is 0. The van der Waals surface area contributed by atoms with E-state index in [0.717, 1.165) is 109 Å². The molecule has 74 heavy (non-hydrogen) atoms. The summed E-state index contributed by atoms with van der Waals surface area (Å²) in [5, 5.41) is 0. The normalized spacial score (nSPS) is 13.3.